The summed E-state index contributed by atoms with van der Waals surface area (Å²) in [4.78, 5) is 0. The molecule has 5 heteroatoms. The van der Waals surface area contributed by atoms with Crippen LogP contribution in [0.5, 0.6) is 11.5 Å². The summed E-state index contributed by atoms with van der Waals surface area (Å²) in [6.45, 7) is 2.44. The molecule has 0 unspecified atom stereocenters. The monoisotopic (exact) mass is 354 g/mol. The maximum absolute atomic E-state index is 8.72. The summed E-state index contributed by atoms with van der Waals surface area (Å²) < 4.78 is 11.6. The Labute approximate surface area is 120 Å². The highest BCUT2D eigenvalue weighted by atomic mass is 127. The van der Waals surface area contributed by atoms with Gasteiger partial charge in [-0.25, -0.2) is 0 Å². The molecule has 0 aromatic heterocycles. The van der Waals surface area contributed by atoms with Crippen molar-refractivity contribution in [3.63, 3.8) is 0 Å². The first-order chi connectivity index (χ1) is 8.65. The van der Waals surface area contributed by atoms with E-state index in [0.717, 1.165) is 9.13 Å². The van der Waals surface area contributed by atoms with Gasteiger partial charge in [0.25, 0.3) is 0 Å². The molecule has 0 atom stereocenters. The molecule has 0 radical (unpaired) electrons. The molecule has 1 rings (SSSR count). The minimum Gasteiger partial charge on any atom is -0.493 e. The van der Waals surface area contributed by atoms with Crippen molar-refractivity contribution in [2.45, 2.75) is 6.92 Å². The third-order valence-corrected chi connectivity index (χ3v) is 2.89. The number of nitrogens with zero attached hydrogens (tertiary/aromatic N) is 2. The highest BCUT2D eigenvalue weighted by Gasteiger charge is 2.10. The van der Waals surface area contributed by atoms with Crippen LogP contribution in [-0.2, 0) is 0 Å². The lowest BCUT2D eigenvalue weighted by Crippen LogP contribution is -1.98. The van der Waals surface area contributed by atoms with Crippen LogP contribution in [0.15, 0.2) is 17.7 Å². The Hall–Kier alpha value is -1.73. The molecule has 0 saturated carbocycles. The van der Waals surface area contributed by atoms with E-state index >= 15 is 0 Å². The van der Waals surface area contributed by atoms with Gasteiger partial charge in [-0.3, -0.25) is 0 Å². The van der Waals surface area contributed by atoms with E-state index in [2.05, 4.69) is 22.6 Å². The third-order valence-electron chi connectivity index (χ3n) is 2.09. The smallest absolute Gasteiger partial charge is 0.174 e. The van der Waals surface area contributed by atoms with Crippen LogP contribution < -0.4 is 9.47 Å². The van der Waals surface area contributed by atoms with Crippen LogP contribution in [0.3, 0.4) is 0 Å². The number of allylic oxidation sites excluding steroid dienone is 1. The maximum Gasteiger partial charge on any atom is 0.174 e. The first-order valence-electron chi connectivity index (χ1n) is 5.18. The molecule has 18 heavy (non-hydrogen) atoms. The lowest BCUT2D eigenvalue weighted by Gasteiger charge is -2.12. The number of rotatable bonds is 4. The van der Waals surface area contributed by atoms with Gasteiger partial charge in [-0.2, -0.15) is 10.5 Å². The second-order valence-electron chi connectivity index (χ2n) is 3.25. The van der Waals surface area contributed by atoms with Gasteiger partial charge in [-0.05, 0) is 53.3 Å². The van der Waals surface area contributed by atoms with Crippen molar-refractivity contribution in [2.24, 2.45) is 0 Å². The van der Waals surface area contributed by atoms with Crippen molar-refractivity contribution in [1.29, 1.82) is 10.5 Å². The molecular formula is C13H11IN2O2. The van der Waals surface area contributed by atoms with E-state index in [-0.39, 0.29) is 5.57 Å². The number of benzene rings is 1. The molecule has 0 bridgehead atoms. The number of hydrogen-bond acceptors (Lipinski definition) is 4. The van der Waals surface area contributed by atoms with Crippen LogP contribution >= 0.6 is 22.6 Å². The zero-order valence-electron chi connectivity index (χ0n) is 10.0. The first kappa shape index (κ1) is 14.3. The lowest BCUT2D eigenvalue weighted by molar-refractivity contribution is 0.308. The van der Waals surface area contributed by atoms with Crippen molar-refractivity contribution in [3.05, 3.63) is 26.8 Å². The molecule has 0 aliphatic carbocycles. The topological polar surface area (TPSA) is 66.0 Å². The highest BCUT2D eigenvalue weighted by Crippen LogP contribution is 2.34. The van der Waals surface area contributed by atoms with Gasteiger partial charge in [-0.1, -0.05) is 0 Å². The molecule has 0 N–H and O–H groups in total. The average molecular weight is 354 g/mol. The van der Waals surface area contributed by atoms with Crippen LogP contribution in [0.4, 0.5) is 0 Å². The Balaban J connectivity index is 3.28. The Kier molecular flexibility index (Phi) is 5.47. The summed E-state index contributed by atoms with van der Waals surface area (Å²) in [6.07, 6.45) is 1.51. The summed E-state index contributed by atoms with van der Waals surface area (Å²) >= 11 is 2.13. The normalized spacial score (nSPS) is 8.94. The summed E-state index contributed by atoms with van der Waals surface area (Å²) in [5, 5.41) is 17.4. The predicted molar refractivity (Wildman–Crippen MR) is 76.1 cm³/mol. The number of halogens is 1. The molecule has 0 amide bonds. The van der Waals surface area contributed by atoms with Gasteiger partial charge in [-0.15, -0.1) is 0 Å². The van der Waals surface area contributed by atoms with E-state index in [0.29, 0.717) is 18.1 Å². The van der Waals surface area contributed by atoms with E-state index in [1.165, 1.54) is 6.08 Å². The van der Waals surface area contributed by atoms with Gasteiger partial charge in [0.1, 0.15) is 17.7 Å². The van der Waals surface area contributed by atoms with Gasteiger partial charge < -0.3 is 9.47 Å². The standard InChI is InChI=1S/C13H11IN2O2/c1-3-18-13-11(14)5-9(6-12(13)17-2)4-10(7-15)8-16/h4-6H,3H2,1-2H3. The maximum atomic E-state index is 8.72. The molecule has 0 heterocycles. The molecule has 0 fully saturated rings. The Morgan fingerprint density at radius 3 is 2.56 bits per heavy atom. The summed E-state index contributed by atoms with van der Waals surface area (Å²) in [5.74, 6) is 1.26. The van der Waals surface area contributed by atoms with E-state index < -0.39 is 0 Å². The largest absolute Gasteiger partial charge is 0.493 e. The van der Waals surface area contributed by atoms with Crippen molar-refractivity contribution in [2.75, 3.05) is 13.7 Å². The van der Waals surface area contributed by atoms with Gasteiger partial charge >= 0.3 is 0 Å². The van der Waals surface area contributed by atoms with Crippen LogP contribution in [0.2, 0.25) is 0 Å². The van der Waals surface area contributed by atoms with Gasteiger partial charge in [0.15, 0.2) is 11.5 Å². The fourth-order valence-corrected chi connectivity index (χ4v) is 2.14. The molecule has 0 saturated heterocycles. The van der Waals surface area contributed by atoms with E-state index in [1.807, 2.05) is 25.1 Å². The van der Waals surface area contributed by atoms with E-state index in [9.17, 15) is 0 Å². The summed E-state index contributed by atoms with van der Waals surface area (Å²) in [6, 6.07) is 7.22. The molecule has 1 aromatic rings. The zero-order valence-corrected chi connectivity index (χ0v) is 12.2. The second-order valence-corrected chi connectivity index (χ2v) is 4.41. The molecule has 0 aliphatic rings. The minimum atomic E-state index is 0.0528. The molecule has 0 aliphatic heterocycles. The quantitative estimate of drug-likeness (QED) is 0.616. The zero-order chi connectivity index (χ0) is 13.5. The fourth-order valence-electron chi connectivity index (χ4n) is 1.36. The average Bonchev–Trinajstić information content (AvgIpc) is 2.38. The minimum absolute atomic E-state index is 0.0528. The van der Waals surface area contributed by atoms with E-state index in [4.69, 9.17) is 20.0 Å². The number of ether oxygens (including phenoxy) is 2. The van der Waals surface area contributed by atoms with E-state index in [1.54, 1.807) is 13.2 Å². The SMILES string of the molecule is CCOc1c(I)cc(C=C(C#N)C#N)cc1OC. The van der Waals surface area contributed by atoms with Crippen LogP contribution in [0, 0.1) is 26.2 Å². The Morgan fingerprint density at radius 1 is 1.39 bits per heavy atom. The van der Waals surface area contributed by atoms with Gasteiger partial charge in [0.05, 0.1) is 17.3 Å². The number of methoxy groups -OCH3 is 1. The van der Waals surface area contributed by atoms with Crippen molar-refractivity contribution < 1.29 is 9.47 Å². The Bertz CT molecular complexity index is 537. The number of nitriles is 2. The molecule has 4 nitrogen and oxygen atoms in total. The van der Waals surface area contributed by atoms with Crippen LogP contribution in [-0.4, -0.2) is 13.7 Å². The predicted octanol–water partition coefficient (Wildman–Crippen LogP) is 3.13. The molecule has 0 spiro atoms. The van der Waals surface area contributed by atoms with Crippen molar-refractivity contribution in [3.8, 4) is 23.6 Å². The first-order valence-corrected chi connectivity index (χ1v) is 6.26. The summed E-state index contributed by atoms with van der Waals surface area (Å²) in [7, 11) is 1.55. The van der Waals surface area contributed by atoms with Crippen LogP contribution in [0.1, 0.15) is 12.5 Å². The Morgan fingerprint density at radius 2 is 2.06 bits per heavy atom. The third kappa shape index (κ3) is 3.38. The molecule has 1 aromatic carbocycles. The van der Waals surface area contributed by atoms with Crippen molar-refractivity contribution >= 4 is 28.7 Å². The fraction of sp³-hybridized carbons (Fsp3) is 0.231. The molecular weight excluding hydrogens is 343 g/mol. The number of hydrogen-bond donors (Lipinski definition) is 0. The highest BCUT2D eigenvalue weighted by molar-refractivity contribution is 14.1. The second kappa shape index (κ2) is 6.87. The van der Waals surface area contributed by atoms with Crippen molar-refractivity contribution in [1.82, 2.24) is 0 Å². The van der Waals surface area contributed by atoms with Crippen LogP contribution in [0.25, 0.3) is 6.08 Å². The van der Waals surface area contributed by atoms with Gasteiger partial charge in [0.2, 0.25) is 0 Å². The van der Waals surface area contributed by atoms with Gasteiger partial charge in [0, 0.05) is 0 Å². The summed E-state index contributed by atoms with van der Waals surface area (Å²) in [5.41, 5.74) is 0.787. The lowest BCUT2D eigenvalue weighted by atomic mass is 10.1. The molecule has 92 valence electrons.